The van der Waals surface area contributed by atoms with Crippen molar-refractivity contribution in [2.24, 2.45) is 7.05 Å². The van der Waals surface area contributed by atoms with Crippen LogP contribution in [0.5, 0.6) is 0 Å². The van der Waals surface area contributed by atoms with Gasteiger partial charge in [0.1, 0.15) is 5.69 Å². The Morgan fingerprint density at radius 1 is 1.30 bits per heavy atom. The third-order valence-corrected chi connectivity index (χ3v) is 3.70. The number of aryl methyl sites for hydroxylation is 2. The molecule has 0 radical (unpaired) electrons. The Balaban J connectivity index is 2.24. The minimum atomic E-state index is -0.485. The summed E-state index contributed by atoms with van der Waals surface area (Å²) in [6, 6.07) is 9.35. The van der Waals surface area contributed by atoms with Gasteiger partial charge in [-0.2, -0.15) is 0 Å². The largest absolute Gasteiger partial charge is 0.340 e. The summed E-state index contributed by atoms with van der Waals surface area (Å²) in [7, 11) is 1.65. The first-order chi connectivity index (χ1) is 10.9. The van der Waals surface area contributed by atoms with Gasteiger partial charge in [0.05, 0.1) is 11.1 Å². The minimum Gasteiger partial charge on any atom is -0.340 e. The molecule has 0 aliphatic heterocycles. The van der Waals surface area contributed by atoms with Crippen LogP contribution in [0.1, 0.15) is 35.0 Å². The summed E-state index contributed by atoms with van der Waals surface area (Å²) in [4.78, 5) is 24.9. The fourth-order valence-electron chi connectivity index (χ4n) is 2.46. The topological polar surface area (TPSA) is 68.4 Å². The molecule has 0 saturated carbocycles. The zero-order valence-electron chi connectivity index (χ0n) is 13.7. The van der Waals surface area contributed by atoms with Crippen molar-refractivity contribution < 1.29 is 9.72 Å². The van der Waals surface area contributed by atoms with Crippen LogP contribution in [-0.2, 0) is 13.6 Å². The van der Waals surface area contributed by atoms with Gasteiger partial charge in [0.15, 0.2) is 0 Å². The predicted octanol–water partition coefficient (Wildman–Crippen LogP) is 3.29. The van der Waals surface area contributed by atoms with Crippen LogP contribution < -0.4 is 0 Å². The van der Waals surface area contributed by atoms with Crippen molar-refractivity contribution in [2.75, 3.05) is 6.54 Å². The van der Waals surface area contributed by atoms with E-state index in [2.05, 4.69) is 0 Å². The lowest BCUT2D eigenvalue weighted by Gasteiger charge is -2.22. The molecule has 0 aliphatic carbocycles. The molecule has 0 unspecified atom stereocenters. The highest BCUT2D eigenvalue weighted by Crippen LogP contribution is 2.18. The highest BCUT2D eigenvalue weighted by molar-refractivity contribution is 5.93. The van der Waals surface area contributed by atoms with Crippen LogP contribution in [-0.4, -0.2) is 26.8 Å². The molecular formula is C17H21N3O3. The third kappa shape index (κ3) is 3.97. The van der Waals surface area contributed by atoms with E-state index in [1.165, 1.54) is 22.4 Å². The van der Waals surface area contributed by atoms with Gasteiger partial charge >= 0.3 is 0 Å². The molecule has 122 valence electrons. The number of hydrogen-bond acceptors (Lipinski definition) is 3. The van der Waals surface area contributed by atoms with Crippen LogP contribution in [0.4, 0.5) is 5.69 Å². The number of rotatable bonds is 6. The van der Waals surface area contributed by atoms with Gasteiger partial charge in [-0.3, -0.25) is 14.9 Å². The lowest BCUT2D eigenvalue weighted by atomic mass is 10.1. The van der Waals surface area contributed by atoms with Crippen molar-refractivity contribution >= 4 is 11.6 Å². The Labute approximate surface area is 135 Å². The standard InChI is InChI=1S/C17H21N3O3/c1-4-9-19(11-14-7-5-13(2)6-8-14)17(21)16-10-15(20(22)23)12-18(16)3/h5-8,10,12H,4,9,11H2,1-3H3. The SMILES string of the molecule is CCCN(Cc1ccc(C)cc1)C(=O)c1cc([N+](=O)[O-])cn1C. The van der Waals surface area contributed by atoms with Crippen LogP contribution in [0, 0.1) is 17.0 Å². The fraction of sp³-hybridized carbons (Fsp3) is 0.353. The molecule has 0 saturated heterocycles. The maximum Gasteiger partial charge on any atom is 0.287 e. The number of carbonyl (C=O) groups is 1. The first-order valence-corrected chi connectivity index (χ1v) is 7.58. The minimum absolute atomic E-state index is 0.0670. The van der Waals surface area contributed by atoms with E-state index in [1.807, 2.05) is 38.1 Å². The Bertz CT molecular complexity index is 704. The van der Waals surface area contributed by atoms with E-state index in [1.54, 1.807) is 11.9 Å². The fourth-order valence-corrected chi connectivity index (χ4v) is 2.46. The maximum absolute atomic E-state index is 12.7. The monoisotopic (exact) mass is 315 g/mol. The van der Waals surface area contributed by atoms with Crippen LogP contribution in [0.2, 0.25) is 0 Å². The Hall–Kier alpha value is -2.63. The van der Waals surface area contributed by atoms with Gasteiger partial charge in [-0.1, -0.05) is 36.8 Å². The summed E-state index contributed by atoms with van der Waals surface area (Å²) in [5.74, 6) is -0.192. The van der Waals surface area contributed by atoms with Crippen molar-refractivity contribution in [1.82, 2.24) is 9.47 Å². The molecule has 0 spiro atoms. The molecule has 1 aromatic carbocycles. The third-order valence-electron chi connectivity index (χ3n) is 3.70. The maximum atomic E-state index is 12.7. The number of amides is 1. The van der Waals surface area contributed by atoms with Gasteiger partial charge < -0.3 is 9.47 Å². The van der Waals surface area contributed by atoms with Gasteiger partial charge in [0, 0.05) is 26.2 Å². The average molecular weight is 315 g/mol. The lowest BCUT2D eigenvalue weighted by Crippen LogP contribution is -2.32. The summed E-state index contributed by atoms with van der Waals surface area (Å²) in [5, 5.41) is 10.9. The van der Waals surface area contributed by atoms with Crippen molar-refractivity contribution in [1.29, 1.82) is 0 Å². The molecule has 2 rings (SSSR count). The molecule has 1 aromatic heterocycles. The second-order valence-electron chi connectivity index (χ2n) is 5.66. The molecule has 23 heavy (non-hydrogen) atoms. The number of benzene rings is 1. The number of nitrogens with zero attached hydrogens (tertiary/aromatic N) is 3. The molecule has 0 bridgehead atoms. The molecule has 6 heteroatoms. The van der Waals surface area contributed by atoms with E-state index in [9.17, 15) is 14.9 Å². The van der Waals surface area contributed by atoms with Gasteiger partial charge in [-0.15, -0.1) is 0 Å². The Morgan fingerprint density at radius 2 is 1.96 bits per heavy atom. The Kier molecular flexibility index (Phi) is 5.16. The molecule has 1 heterocycles. The van der Waals surface area contributed by atoms with E-state index in [4.69, 9.17) is 0 Å². The first kappa shape index (κ1) is 16.7. The molecule has 2 aromatic rings. The smallest absolute Gasteiger partial charge is 0.287 e. The van der Waals surface area contributed by atoms with Crippen molar-refractivity contribution in [2.45, 2.75) is 26.8 Å². The highest BCUT2D eigenvalue weighted by atomic mass is 16.6. The zero-order valence-corrected chi connectivity index (χ0v) is 13.7. The number of nitro groups is 1. The quantitative estimate of drug-likeness (QED) is 0.606. The summed E-state index contributed by atoms with van der Waals surface area (Å²) < 4.78 is 1.51. The molecule has 1 amide bonds. The zero-order chi connectivity index (χ0) is 17.0. The number of carbonyl (C=O) groups excluding carboxylic acids is 1. The van der Waals surface area contributed by atoms with Gasteiger partial charge in [0.25, 0.3) is 11.6 Å². The molecular weight excluding hydrogens is 294 g/mol. The van der Waals surface area contributed by atoms with E-state index >= 15 is 0 Å². The molecule has 0 fully saturated rings. The predicted molar refractivity (Wildman–Crippen MR) is 88.3 cm³/mol. The van der Waals surface area contributed by atoms with E-state index in [0.717, 1.165) is 12.0 Å². The second kappa shape index (κ2) is 7.09. The highest BCUT2D eigenvalue weighted by Gasteiger charge is 2.22. The van der Waals surface area contributed by atoms with E-state index in [-0.39, 0.29) is 11.6 Å². The van der Waals surface area contributed by atoms with Crippen molar-refractivity contribution in [3.63, 3.8) is 0 Å². The Morgan fingerprint density at radius 3 is 2.48 bits per heavy atom. The normalized spacial score (nSPS) is 10.6. The van der Waals surface area contributed by atoms with Gasteiger partial charge in [-0.05, 0) is 18.9 Å². The van der Waals surface area contributed by atoms with Crippen LogP contribution in [0.25, 0.3) is 0 Å². The molecule has 0 atom stereocenters. The number of hydrogen-bond donors (Lipinski definition) is 0. The summed E-state index contributed by atoms with van der Waals surface area (Å²) >= 11 is 0. The van der Waals surface area contributed by atoms with Crippen molar-refractivity contribution in [3.8, 4) is 0 Å². The van der Waals surface area contributed by atoms with Gasteiger partial charge in [-0.25, -0.2) is 0 Å². The van der Waals surface area contributed by atoms with Crippen LogP contribution in [0.15, 0.2) is 36.5 Å². The summed E-state index contributed by atoms with van der Waals surface area (Å²) in [6.45, 7) is 5.11. The van der Waals surface area contributed by atoms with Crippen LogP contribution in [0.3, 0.4) is 0 Å². The molecule has 0 aliphatic rings. The first-order valence-electron chi connectivity index (χ1n) is 7.58. The van der Waals surface area contributed by atoms with Crippen molar-refractivity contribution in [3.05, 3.63) is 63.5 Å². The lowest BCUT2D eigenvalue weighted by molar-refractivity contribution is -0.384. The second-order valence-corrected chi connectivity index (χ2v) is 5.66. The summed E-state index contributed by atoms with van der Waals surface area (Å²) in [5.41, 5.74) is 2.47. The number of aromatic nitrogens is 1. The van der Waals surface area contributed by atoms with E-state index < -0.39 is 4.92 Å². The van der Waals surface area contributed by atoms with E-state index in [0.29, 0.717) is 18.8 Å². The summed E-state index contributed by atoms with van der Waals surface area (Å²) in [6.07, 6.45) is 2.19. The average Bonchev–Trinajstić information content (AvgIpc) is 2.90. The molecule has 6 nitrogen and oxygen atoms in total. The van der Waals surface area contributed by atoms with Gasteiger partial charge in [0.2, 0.25) is 0 Å². The van der Waals surface area contributed by atoms with Crippen LogP contribution >= 0.6 is 0 Å². The molecule has 0 N–H and O–H groups in total.